The maximum absolute atomic E-state index is 12.5. The number of aryl methyl sites for hydroxylation is 1. The van der Waals surface area contributed by atoms with E-state index in [0.717, 1.165) is 5.01 Å². The van der Waals surface area contributed by atoms with Gasteiger partial charge in [0.2, 0.25) is 0 Å². The summed E-state index contributed by atoms with van der Waals surface area (Å²) >= 11 is 7.31. The quantitative estimate of drug-likeness (QED) is 0.749. The van der Waals surface area contributed by atoms with Crippen LogP contribution in [-0.2, 0) is 0 Å². The molecule has 8 heteroatoms. The Kier molecular flexibility index (Phi) is 4.50. The Balaban J connectivity index is 1.83. The Morgan fingerprint density at radius 1 is 1.22 bits per heavy atom. The third kappa shape index (κ3) is 3.82. The lowest BCUT2D eigenvalue weighted by Gasteiger charge is -2.07. The predicted octanol–water partition coefficient (Wildman–Crippen LogP) is 3.89. The Morgan fingerprint density at radius 3 is 2.74 bits per heavy atom. The highest BCUT2D eigenvalue weighted by atomic mass is 35.5. The third-order valence-corrected chi connectivity index (χ3v) is 3.97. The second kappa shape index (κ2) is 6.72. The second-order valence-electron chi connectivity index (χ2n) is 4.63. The van der Waals surface area contributed by atoms with Crippen LogP contribution in [-0.4, -0.2) is 20.9 Å². The van der Waals surface area contributed by atoms with Crippen LogP contribution in [0.1, 0.15) is 15.5 Å². The number of thiazole rings is 1. The summed E-state index contributed by atoms with van der Waals surface area (Å²) in [5.41, 5.74) is 1.62. The number of carbonyl (C=O) groups is 1. The van der Waals surface area contributed by atoms with Crippen LogP contribution in [0.25, 0.3) is 0 Å². The van der Waals surface area contributed by atoms with E-state index in [4.69, 9.17) is 11.6 Å². The molecule has 0 aliphatic carbocycles. The van der Waals surface area contributed by atoms with Crippen molar-refractivity contribution < 1.29 is 4.79 Å². The first-order chi connectivity index (χ1) is 11.1. The van der Waals surface area contributed by atoms with E-state index in [9.17, 15) is 4.79 Å². The Morgan fingerprint density at radius 2 is 2.00 bits per heavy atom. The monoisotopic (exact) mass is 345 g/mol. The van der Waals surface area contributed by atoms with Crippen molar-refractivity contribution in [3.8, 4) is 0 Å². The molecule has 0 bridgehead atoms. The molecule has 2 heterocycles. The van der Waals surface area contributed by atoms with Crippen molar-refractivity contribution in [2.75, 3.05) is 10.6 Å². The Bertz CT molecular complexity index is 837. The fourth-order valence-electron chi connectivity index (χ4n) is 1.92. The summed E-state index contributed by atoms with van der Waals surface area (Å²) in [6, 6.07) is 6.95. The van der Waals surface area contributed by atoms with E-state index in [1.807, 2.05) is 6.92 Å². The van der Waals surface area contributed by atoms with Crippen molar-refractivity contribution in [3.05, 3.63) is 58.7 Å². The average Bonchev–Trinajstić information content (AvgIpc) is 2.89. The van der Waals surface area contributed by atoms with Crippen LogP contribution in [0.5, 0.6) is 0 Å². The van der Waals surface area contributed by atoms with Gasteiger partial charge in [0, 0.05) is 10.7 Å². The van der Waals surface area contributed by atoms with Gasteiger partial charge in [-0.15, -0.1) is 11.3 Å². The number of aromatic nitrogens is 3. The van der Waals surface area contributed by atoms with Gasteiger partial charge >= 0.3 is 0 Å². The van der Waals surface area contributed by atoms with E-state index in [2.05, 4.69) is 25.6 Å². The van der Waals surface area contributed by atoms with Gasteiger partial charge < -0.3 is 10.6 Å². The van der Waals surface area contributed by atoms with Crippen molar-refractivity contribution in [2.45, 2.75) is 6.92 Å². The number of benzene rings is 1. The van der Waals surface area contributed by atoms with Crippen LogP contribution in [0.2, 0.25) is 5.02 Å². The lowest BCUT2D eigenvalue weighted by Crippen LogP contribution is -2.14. The summed E-state index contributed by atoms with van der Waals surface area (Å²) < 4.78 is 0. The molecule has 0 aliphatic heterocycles. The van der Waals surface area contributed by atoms with Crippen molar-refractivity contribution in [1.82, 2.24) is 15.0 Å². The summed E-state index contributed by atoms with van der Waals surface area (Å²) in [4.78, 5) is 24.6. The zero-order chi connectivity index (χ0) is 16.2. The van der Waals surface area contributed by atoms with Crippen molar-refractivity contribution in [1.29, 1.82) is 0 Å². The average molecular weight is 346 g/mol. The van der Waals surface area contributed by atoms with Crippen molar-refractivity contribution in [3.63, 3.8) is 0 Å². The minimum atomic E-state index is -0.309. The SMILES string of the molecule is Cc1nc(C(=O)Nc2cccc(Cl)c2)c(Nc2cncnc2)s1. The van der Waals surface area contributed by atoms with Crippen molar-refractivity contribution >= 4 is 45.2 Å². The zero-order valence-corrected chi connectivity index (χ0v) is 13.6. The lowest BCUT2D eigenvalue weighted by atomic mass is 10.3. The Labute approximate surface area is 141 Å². The first-order valence-electron chi connectivity index (χ1n) is 6.68. The maximum atomic E-state index is 12.5. The minimum Gasteiger partial charge on any atom is -0.343 e. The molecule has 0 radical (unpaired) electrons. The van der Waals surface area contributed by atoms with Crippen LogP contribution in [0.4, 0.5) is 16.4 Å². The van der Waals surface area contributed by atoms with E-state index < -0.39 is 0 Å². The van der Waals surface area contributed by atoms with E-state index in [0.29, 0.717) is 27.1 Å². The molecule has 0 saturated carbocycles. The molecule has 1 amide bonds. The summed E-state index contributed by atoms with van der Waals surface area (Å²) in [6.45, 7) is 1.84. The number of hydrogen-bond donors (Lipinski definition) is 2. The molecule has 0 fully saturated rings. The zero-order valence-electron chi connectivity index (χ0n) is 12.1. The molecule has 0 spiro atoms. The number of anilines is 3. The molecule has 116 valence electrons. The number of halogens is 1. The molecule has 3 aromatic rings. The number of carbonyl (C=O) groups excluding carboxylic acids is 1. The predicted molar refractivity (Wildman–Crippen MR) is 91.6 cm³/mol. The molecule has 23 heavy (non-hydrogen) atoms. The number of hydrogen-bond acceptors (Lipinski definition) is 6. The van der Waals surface area contributed by atoms with Gasteiger partial charge in [-0.3, -0.25) is 4.79 Å². The van der Waals surface area contributed by atoms with Crippen LogP contribution in [0.3, 0.4) is 0 Å². The van der Waals surface area contributed by atoms with Crippen LogP contribution < -0.4 is 10.6 Å². The molecule has 6 nitrogen and oxygen atoms in total. The van der Waals surface area contributed by atoms with Gasteiger partial charge in [0.15, 0.2) is 5.69 Å². The highest BCUT2D eigenvalue weighted by molar-refractivity contribution is 7.16. The summed E-state index contributed by atoms with van der Waals surface area (Å²) in [5, 5.41) is 7.87. The Hall–Kier alpha value is -2.51. The van der Waals surface area contributed by atoms with Gasteiger partial charge in [0.05, 0.1) is 23.1 Å². The standard InChI is InChI=1S/C15H12ClN5OS/c1-9-19-13(14(22)20-11-4-2-3-10(16)5-11)15(23-9)21-12-6-17-8-18-7-12/h2-8,21H,1H3,(H,20,22). The highest BCUT2D eigenvalue weighted by Gasteiger charge is 2.17. The highest BCUT2D eigenvalue weighted by Crippen LogP contribution is 2.28. The normalized spacial score (nSPS) is 10.3. The molecule has 3 rings (SSSR count). The smallest absolute Gasteiger partial charge is 0.277 e. The van der Waals surface area contributed by atoms with Gasteiger partial charge in [-0.1, -0.05) is 17.7 Å². The molecular weight excluding hydrogens is 334 g/mol. The number of nitrogens with one attached hydrogen (secondary N) is 2. The van der Waals surface area contributed by atoms with E-state index in [-0.39, 0.29) is 5.91 Å². The van der Waals surface area contributed by atoms with Gasteiger partial charge in [0.25, 0.3) is 5.91 Å². The molecule has 2 aromatic heterocycles. The topological polar surface area (TPSA) is 79.8 Å². The molecule has 1 aromatic carbocycles. The van der Waals surface area contributed by atoms with E-state index in [1.54, 1.807) is 36.7 Å². The number of nitrogens with zero attached hydrogens (tertiary/aromatic N) is 3. The molecule has 0 aliphatic rings. The summed E-state index contributed by atoms with van der Waals surface area (Å²) in [5.74, 6) is -0.309. The van der Waals surface area contributed by atoms with E-state index in [1.165, 1.54) is 17.7 Å². The summed E-state index contributed by atoms with van der Waals surface area (Å²) in [6.07, 6.45) is 4.69. The van der Waals surface area contributed by atoms with E-state index >= 15 is 0 Å². The number of amides is 1. The minimum absolute atomic E-state index is 0.309. The second-order valence-corrected chi connectivity index (χ2v) is 6.27. The van der Waals surface area contributed by atoms with Gasteiger partial charge in [-0.2, -0.15) is 0 Å². The lowest BCUT2D eigenvalue weighted by molar-refractivity contribution is 0.102. The molecule has 0 unspecified atom stereocenters. The van der Waals surface area contributed by atoms with Crippen molar-refractivity contribution in [2.24, 2.45) is 0 Å². The largest absolute Gasteiger partial charge is 0.343 e. The summed E-state index contributed by atoms with van der Waals surface area (Å²) in [7, 11) is 0. The molecule has 2 N–H and O–H groups in total. The van der Waals surface area contributed by atoms with Gasteiger partial charge in [-0.05, 0) is 25.1 Å². The fourth-order valence-corrected chi connectivity index (χ4v) is 2.94. The van der Waals surface area contributed by atoms with Gasteiger partial charge in [-0.25, -0.2) is 15.0 Å². The first-order valence-corrected chi connectivity index (χ1v) is 7.87. The van der Waals surface area contributed by atoms with Gasteiger partial charge in [0.1, 0.15) is 11.3 Å². The van der Waals surface area contributed by atoms with Crippen LogP contribution >= 0.6 is 22.9 Å². The number of rotatable bonds is 4. The maximum Gasteiger partial charge on any atom is 0.277 e. The molecular formula is C15H12ClN5OS. The molecule has 0 atom stereocenters. The first kappa shape index (κ1) is 15.4. The van der Waals surface area contributed by atoms with Crippen LogP contribution in [0, 0.1) is 6.92 Å². The molecule has 0 saturated heterocycles. The fraction of sp³-hybridized carbons (Fsp3) is 0.0667. The van der Waals surface area contributed by atoms with Crippen LogP contribution in [0.15, 0.2) is 43.0 Å². The third-order valence-electron chi connectivity index (χ3n) is 2.85.